The number of urea groups is 1. The highest BCUT2D eigenvalue weighted by molar-refractivity contribution is 6.30. The summed E-state index contributed by atoms with van der Waals surface area (Å²) in [6.07, 6.45) is 2.14. The maximum Gasteiger partial charge on any atom is 0.321 e. The van der Waals surface area contributed by atoms with E-state index in [4.69, 9.17) is 16.7 Å². The number of carboxylic acids is 1. The number of aliphatic carboxylic acids is 1. The molecule has 1 aromatic heterocycles. The van der Waals surface area contributed by atoms with Gasteiger partial charge in [-0.1, -0.05) is 18.5 Å². The Bertz CT molecular complexity index is 727. The van der Waals surface area contributed by atoms with Crippen LogP contribution in [0.25, 0.3) is 5.69 Å². The molecule has 0 unspecified atom stereocenters. The van der Waals surface area contributed by atoms with Gasteiger partial charge in [0.1, 0.15) is 0 Å². The summed E-state index contributed by atoms with van der Waals surface area (Å²) in [5, 5.41) is 16.4. The second kappa shape index (κ2) is 7.83. The predicted molar refractivity (Wildman–Crippen MR) is 91.9 cm³/mol. The molecule has 0 radical (unpaired) electrons. The number of benzene rings is 1. The molecule has 0 aliphatic rings. The van der Waals surface area contributed by atoms with Gasteiger partial charge < -0.3 is 15.3 Å². The SMILES string of the molecule is CCc1c(NC(=O)N(C)CCC(=O)O)cnn1-c1ccc(Cl)cc1. The van der Waals surface area contributed by atoms with E-state index in [0.717, 1.165) is 11.4 Å². The molecule has 2 aromatic rings. The van der Waals surface area contributed by atoms with Crippen LogP contribution in [-0.4, -0.2) is 45.4 Å². The Hall–Kier alpha value is -2.54. The molecule has 8 heteroatoms. The van der Waals surface area contributed by atoms with Crippen LogP contribution in [0, 0.1) is 0 Å². The van der Waals surface area contributed by atoms with Crippen LogP contribution in [0.4, 0.5) is 10.5 Å². The smallest absolute Gasteiger partial charge is 0.321 e. The van der Waals surface area contributed by atoms with Gasteiger partial charge in [-0.15, -0.1) is 0 Å². The number of halogens is 1. The van der Waals surface area contributed by atoms with Crippen molar-refractivity contribution in [1.29, 1.82) is 0 Å². The number of nitrogens with zero attached hydrogens (tertiary/aromatic N) is 3. The molecule has 2 amide bonds. The van der Waals surface area contributed by atoms with E-state index in [9.17, 15) is 9.59 Å². The second-order valence-electron chi connectivity index (χ2n) is 5.24. The Morgan fingerprint density at radius 1 is 1.33 bits per heavy atom. The molecule has 0 aliphatic carbocycles. The minimum Gasteiger partial charge on any atom is -0.481 e. The molecular weight excluding hydrogens is 332 g/mol. The minimum absolute atomic E-state index is 0.103. The molecule has 0 atom stereocenters. The summed E-state index contributed by atoms with van der Waals surface area (Å²) >= 11 is 5.90. The normalized spacial score (nSPS) is 10.5. The molecular formula is C16H19ClN4O3. The molecule has 1 heterocycles. The van der Waals surface area contributed by atoms with Crippen molar-refractivity contribution < 1.29 is 14.7 Å². The largest absolute Gasteiger partial charge is 0.481 e. The summed E-state index contributed by atoms with van der Waals surface area (Å²) in [5.41, 5.74) is 2.29. The van der Waals surface area contributed by atoms with Gasteiger partial charge >= 0.3 is 12.0 Å². The Morgan fingerprint density at radius 3 is 2.58 bits per heavy atom. The molecule has 128 valence electrons. The van der Waals surface area contributed by atoms with Gasteiger partial charge in [0, 0.05) is 18.6 Å². The molecule has 7 nitrogen and oxygen atoms in total. The van der Waals surface area contributed by atoms with Crippen LogP contribution in [0.15, 0.2) is 30.5 Å². The highest BCUT2D eigenvalue weighted by Gasteiger charge is 2.16. The highest BCUT2D eigenvalue weighted by atomic mass is 35.5. The third-order valence-electron chi connectivity index (χ3n) is 3.52. The van der Waals surface area contributed by atoms with Crippen LogP contribution in [0.1, 0.15) is 19.0 Å². The Balaban J connectivity index is 2.15. The lowest BCUT2D eigenvalue weighted by Crippen LogP contribution is -2.33. The highest BCUT2D eigenvalue weighted by Crippen LogP contribution is 2.21. The molecule has 24 heavy (non-hydrogen) atoms. The van der Waals surface area contributed by atoms with Crippen molar-refractivity contribution in [1.82, 2.24) is 14.7 Å². The number of aromatic nitrogens is 2. The zero-order valence-corrected chi connectivity index (χ0v) is 14.2. The summed E-state index contributed by atoms with van der Waals surface area (Å²) in [6, 6.07) is 6.87. The van der Waals surface area contributed by atoms with E-state index in [1.54, 1.807) is 30.1 Å². The van der Waals surface area contributed by atoms with Crippen molar-refractivity contribution >= 4 is 29.3 Å². The van der Waals surface area contributed by atoms with Gasteiger partial charge in [0.25, 0.3) is 0 Å². The summed E-state index contributed by atoms with van der Waals surface area (Å²) < 4.78 is 1.74. The molecule has 0 saturated heterocycles. The van der Waals surface area contributed by atoms with Crippen molar-refractivity contribution in [2.24, 2.45) is 0 Å². The third kappa shape index (κ3) is 4.26. The van der Waals surface area contributed by atoms with E-state index < -0.39 is 5.97 Å². The summed E-state index contributed by atoms with van der Waals surface area (Å²) in [4.78, 5) is 24.1. The number of hydrogen-bond acceptors (Lipinski definition) is 3. The maximum absolute atomic E-state index is 12.2. The van der Waals surface area contributed by atoms with Gasteiger partial charge in [-0.2, -0.15) is 5.10 Å². The molecule has 2 rings (SSSR count). The summed E-state index contributed by atoms with van der Waals surface area (Å²) in [7, 11) is 1.55. The zero-order chi connectivity index (χ0) is 17.7. The number of carboxylic acid groups (broad SMARTS) is 1. The van der Waals surface area contributed by atoms with Crippen LogP contribution in [0.3, 0.4) is 0 Å². The Morgan fingerprint density at radius 2 is 2.00 bits per heavy atom. The van der Waals surface area contributed by atoms with Gasteiger partial charge in [0.2, 0.25) is 0 Å². The van der Waals surface area contributed by atoms with Crippen LogP contribution < -0.4 is 5.32 Å². The molecule has 0 aliphatic heterocycles. The standard InChI is InChI=1S/C16H19ClN4O3/c1-3-14-13(19-16(24)20(2)9-8-15(22)23)10-18-21(14)12-6-4-11(17)5-7-12/h4-7,10H,3,8-9H2,1-2H3,(H,19,24)(H,22,23). The first-order valence-corrected chi connectivity index (χ1v) is 7.87. The summed E-state index contributed by atoms with van der Waals surface area (Å²) in [6.45, 7) is 2.10. The number of anilines is 1. The van der Waals surface area contributed by atoms with E-state index in [0.29, 0.717) is 17.1 Å². The zero-order valence-electron chi connectivity index (χ0n) is 13.5. The Kier molecular flexibility index (Phi) is 5.81. The average Bonchev–Trinajstić information content (AvgIpc) is 2.95. The molecule has 0 saturated carbocycles. The molecule has 0 bridgehead atoms. The van der Waals surface area contributed by atoms with Gasteiger partial charge in [-0.05, 0) is 30.7 Å². The maximum atomic E-state index is 12.2. The van der Waals surface area contributed by atoms with E-state index in [2.05, 4.69) is 10.4 Å². The molecule has 2 N–H and O–H groups in total. The van der Waals surface area contributed by atoms with E-state index >= 15 is 0 Å². The molecule has 0 spiro atoms. The van der Waals surface area contributed by atoms with Gasteiger partial charge in [-0.25, -0.2) is 9.48 Å². The lowest BCUT2D eigenvalue weighted by molar-refractivity contribution is -0.137. The predicted octanol–water partition coefficient (Wildman–Crippen LogP) is 3.03. The van der Waals surface area contributed by atoms with Gasteiger partial charge in [0.05, 0.1) is 29.7 Å². The third-order valence-corrected chi connectivity index (χ3v) is 3.78. The van der Waals surface area contributed by atoms with Gasteiger partial charge in [0.15, 0.2) is 0 Å². The van der Waals surface area contributed by atoms with Crippen molar-refractivity contribution in [3.8, 4) is 5.69 Å². The number of amides is 2. The minimum atomic E-state index is -0.945. The van der Waals surface area contributed by atoms with Crippen LogP contribution in [0.2, 0.25) is 5.02 Å². The quantitative estimate of drug-likeness (QED) is 0.838. The van der Waals surface area contributed by atoms with Crippen molar-refractivity contribution in [2.45, 2.75) is 19.8 Å². The van der Waals surface area contributed by atoms with Crippen molar-refractivity contribution in [2.75, 3.05) is 18.9 Å². The number of carbonyl (C=O) groups is 2. The first-order valence-electron chi connectivity index (χ1n) is 7.49. The number of nitrogens with one attached hydrogen (secondary N) is 1. The van der Waals surface area contributed by atoms with Crippen LogP contribution >= 0.6 is 11.6 Å². The fourth-order valence-electron chi connectivity index (χ4n) is 2.20. The molecule has 0 fully saturated rings. The van der Waals surface area contributed by atoms with E-state index in [1.165, 1.54) is 4.90 Å². The lowest BCUT2D eigenvalue weighted by Gasteiger charge is -2.17. The summed E-state index contributed by atoms with van der Waals surface area (Å²) in [5.74, 6) is -0.945. The van der Waals surface area contributed by atoms with Crippen LogP contribution in [0.5, 0.6) is 0 Å². The van der Waals surface area contributed by atoms with E-state index in [-0.39, 0.29) is 19.0 Å². The number of hydrogen-bond donors (Lipinski definition) is 2. The fourth-order valence-corrected chi connectivity index (χ4v) is 2.32. The average molecular weight is 351 g/mol. The fraction of sp³-hybridized carbons (Fsp3) is 0.312. The first kappa shape index (κ1) is 17.8. The Labute approximate surface area is 144 Å². The van der Waals surface area contributed by atoms with Crippen LogP contribution in [-0.2, 0) is 11.2 Å². The van der Waals surface area contributed by atoms with Crippen molar-refractivity contribution in [3.63, 3.8) is 0 Å². The number of carbonyl (C=O) groups excluding carboxylic acids is 1. The monoisotopic (exact) mass is 350 g/mol. The first-order chi connectivity index (χ1) is 11.4. The second-order valence-corrected chi connectivity index (χ2v) is 5.68. The molecule has 1 aromatic carbocycles. The van der Waals surface area contributed by atoms with Crippen molar-refractivity contribution in [3.05, 3.63) is 41.2 Å². The van der Waals surface area contributed by atoms with E-state index in [1.807, 2.05) is 19.1 Å². The topological polar surface area (TPSA) is 87.5 Å². The lowest BCUT2D eigenvalue weighted by atomic mass is 10.2. The number of rotatable bonds is 6. The van der Waals surface area contributed by atoms with Gasteiger partial charge in [-0.3, -0.25) is 4.79 Å².